The van der Waals surface area contributed by atoms with Gasteiger partial charge in [0.2, 0.25) is 11.8 Å². The van der Waals surface area contributed by atoms with Crippen molar-refractivity contribution in [2.45, 2.75) is 38.6 Å². The number of hydrogen-bond acceptors (Lipinski definition) is 5. The van der Waals surface area contributed by atoms with Gasteiger partial charge in [0.15, 0.2) is 0 Å². The maximum absolute atomic E-state index is 13.5. The Kier molecular flexibility index (Phi) is 9.46. The van der Waals surface area contributed by atoms with Crippen LogP contribution >= 0.6 is 11.3 Å². The van der Waals surface area contributed by atoms with Crippen molar-refractivity contribution < 1.29 is 19.1 Å². The predicted octanol–water partition coefficient (Wildman–Crippen LogP) is 4.50. The summed E-state index contributed by atoms with van der Waals surface area (Å²) in [6, 6.07) is 23.7. The summed E-state index contributed by atoms with van der Waals surface area (Å²) >= 11 is 1.63. The summed E-state index contributed by atoms with van der Waals surface area (Å²) in [4.78, 5) is 31.2. The van der Waals surface area contributed by atoms with Gasteiger partial charge in [0.1, 0.15) is 6.61 Å². The highest BCUT2D eigenvalue weighted by atomic mass is 32.1. The maximum Gasteiger partial charge on any atom is 0.249 e. The van der Waals surface area contributed by atoms with Crippen molar-refractivity contribution in [2.75, 3.05) is 26.3 Å². The molecule has 1 aliphatic rings. The van der Waals surface area contributed by atoms with E-state index in [4.69, 9.17) is 9.47 Å². The largest absolute Gasteiger partial charge is 0.376 e. The van der Waals surface area contributed by atoms with Gasteiger partial charge in [-0.25, -0.2) is 0 Å². The second-order valence-corrected chi connectivity index (χ2v) is 9.73. The molecule has 1 saturated heterocycles. The minimum atomic E-state index is -0.194. The fraction of sp³-hybridized carbons (Fsp3) is 0.357. The lowest BCUT2D eigenvalue weighted by Gasteiger charge is -2.29. The predicted molar refractivity (Wildman–Crippen MR) is 137 cm³/mol. The smallest absolute Gasteiger partial charge is 0.249 e. The van der Waals surface area contributed by atoms with Gasteiger partial charge in [-0.1, -0.05) is 66.7 Å². The molecule has 2 aromatic carbocycles. The zero-order valence-electron chi connectivity index (χ0n) is 19.9. The molecular formula is C28H32N2O4S. The molecule has 0 aliphatic carbocycles. The summed E-state index contributed by atoms with van der Waals surface area (Å²) in [5.41, 5.74) is 2.06. The molecule has 1 atom stereocenters. The molecule has 1 fully saturated rings. The molecule has 0 bridgehead atoms. The van der Waals surface area contributed by atoms with Crippen LogP contribution in [0.2, 0.25) is 0 Å². The maximum atomic E-state index is 13.5. The van der Waals surface area contributed by atoms with Crippen LogP contribution in [0.1, 0.15) is 28.8 Å². The molecule has 35 heavy (non-hydrogen) atoms. The molecule has 0 N–H and O–H groups in total. The summed E-state index contributed by atoms with van der Waals surface area (Å²) in [7, 11) is 0. The number of thiophene rings is 1. The van der Waals surface area contributed by atoms with Crippen molar-refractivity contribution in [1.29, 1.82) is 0 Å². The molecule has 0 saturated carbocycles. The topological polar surface area (TPSA) is 59.1 Å². The standard InChI is InChI=1S/C28H32N2O4S/c31-27(29(19-26-14-8-16-35-26)17-23-9-3-1-4-10-23)20-30(18-25-13-7-15-34-25)28(32)22-33-21-24-11-5-2-6-12-24/h1-6,8-12,14,16,25H,7,13,15,17-22H2. The molecule has 0 radical (unpaired) electrons. The van der Waals surface area contributed by atoms with E-state index in [1.807, 2.05) is 83.1 Å². The average Bonchev–Trinajstić information content (AvgIpc) is 3.59. The van der Waals surface area contributed by atoms with Crippen molar-refractivity contribution in [1.82, 2.24) is 9.80 Å². The number of nitrogens with zero attached hydrogens (tertiary/aromatic N) is 2. The first-order valence-electron chi connectivity index (χ1n) is 12.0. The van der Waals surface area contributed by atoms with E-state index in [1.54, 1.807) is 16.2 Å². The molecule has 3 aromatic rings. The number of rotatable bonds is 12. The number of amides is 2. The fourth-order valence-electron chi connectivity index (χ4n) is 4.10. The highest BCUT2D eigenvalue weighted by Gasteiger charge is 2.26. The molecule has 1 aliphatic heterocycles. The Bertz CT molecular complexity index is 1040. The lowest BCUT2D eigenvalue weighted by molar-refractivity contribution is -0.145. The first-order chi connectivity index (χ1) is 17.2. The molecule has 6 nitrogen and oxygen atoms in total. The van der Waals surface area contributed by atoms with Gasteiger partial charge in [0, 0.05) is 24.6 Å². The van der Waals surface area contributed by atoms with Crippen LogP contribution in [0.3, 0.4) is 0 Å². The van der Waals surface area contributed by atoms with Crippen LogP contribution in [0, 0.1) is 0 Å². The summed E-state index contributed by atoms with van der Waals surface area (Å²) in [5, 5.41) is 2.01. The quantitative estimate of drug-likeness (QED) is 0.374. The van der Waals surface area contributed by atoms with Crippen molar-refractivity contribution in [3.63, 3.8) is 0 Å². The normalized spacial score (nSPS) is 15.1. The van der Waals surface area contributed by atoms with Crippen LogP contribution in [-0.2, 0) is 38.8 Å². The van der Waals surface area contributed by atoms with Crippen LogP contribution in [0.4, 0.5) is 0 Å². The lowest BCUT2D eigenvalue weighted by Crippen LogP contribution is -2.46. The Balaban J connectivity index is 1.42. The summed E-state index contributed by atoms with van der Waals surface area (Å²) in [5.74, 6) is -0.280. The highest BCUT2D eigenvalue weighted by molar-refractivity contribution is 7.09. The van der Waals surface area contributed by atoms with Crippen LogP contribution in [0.5, 0.6) is 0 Å². The second-order valence-electron chi connectivity index (χ2n) is 8.70. The van der Waals surface area contributed by atoms with E-state index in [1.165, 1.54) is 0 Å². The van der Waals surface area contributed by atoms with E-state index < -0.39 is 0 Å². The average molecular weight is 493 g/mol. The second kappa shape index (κ2) is 13.2. The zero-order chi connectivity index (χ0) is 24.3. The van der Waals surface area contributed by atoms with Crippen molar-refractivity contribution >= 4 is 23.2 Å². The number of benzene rings is 2. The summed E-state index contributed by atoms with van der Waals surface area (Å²) < 4.78 is 11.5. The Labute approximate surface area is 211 Å². The third-order valence-corrected chi connectivity index (χ3v) is 6.82. The highest BCUT2D eigenvalue weighted by Crippen LogP contribution is 2.17. The minimum absolute atomic E-state index is 0.00555. The van der Waals surface area contributed by atoms with E-state index in [2.05, 4.69) is 0 Å². The summed E-state index contributed by atoms with van der Waals surface area (Å²) in [6.07, 6.45) is 1.83. The van der Waals surface area contributed by atoms with E-state index in [9.17, 15) is 9.59 Å². The lowest BCUT2D eigenvalue weighted by atomic mass is 10.2. The first kappa shape index (κ1) is 25.1. The van der Waals surface area contributed by atoms with Gasteiger partial charge in [-0.2, -0.15) is 0 Å². The van der Waals surface area contributed by atoms with Gasteiger partial charge < -0.3 is 19.3 Å². The monoisotopic (exact) mass is 492 g/mol. The van der Waals surface area contributed by atoms with Crippen LogP contribution in [0.15, 0.2) is 78.2 Å². The van der Waals surface area contributed by atoms with Crippen molar-refractivity contribution in [3.05, 3.63) is 94.2 Å². The van der Waals surface area contributed by atoms with Gasteiger partial charge >= 0.3 is 0 Å². The SMILES string of the molecule is O=C(CN(CC1CCCO1)C(=O)COCc1ccccc1)N(Cc1ccccc1)Cc1cccs1. The van der Waals surface area contributed by atoms with Gasteiger partial charge in [-0.05, 0) is 35.4 Å². The first-order valence-corrected chi connectivity index (χ1v) is 12.9. The van der Waals surface area contributed by atoms with Crippen LogP contribution in [-0.4, -0.2) is 54.0 Å². The zero-order valence-corrected chi connectivity index (χ0v) is 20.7. The van der Waals surface area contributed by atoms with Gasteiger partial charge in [-0.3, -0.25) is 9.59 Å². The van der Waals surface area contributed by atoms with Crippen molar-refractivity contribution in [3.8, 4) is 0 Å². The molecule has 4 rings (SSSR count). The molecule has 184 valence electrons. The fourth-order valence-corrected chi connectivity index (χ4v) is 4.82. The molecular weight excluding hydrogens is 460 g/mol. The molecule has 2 heterocycles. The van der Waals surface area contributed by atoms with Crippen LogP contribution in [0.25, 0.3) is 0 Å². The van der Waals surface area contributed by atoms with Gasteiger partial charge in [0.05, 0.1) is 25.8 Å². The molecule has 7 heteroatoms. The number of ether oxygens (including phenoxy) is 2. The van der Waals surface area contributed by atoms with E-state index in [-0.39, 0.29) is 31.1 Å². The Morgan fingerprint density at radius 1 is 0.886 bits per heavy atom. The Morgan fingerprint density at radius 3 is 2.29 bits per heavy atom. The molecule has 0 spiro atoms. The summed E-state index contributed by atoms with van der Waals surface area (Å²) in [6.45, 7) is 2.39. The molecule has 1 aromatic heterocycles. The van der Waals surface area contributed by atoms with Crippen molar-refractivity contribution in [2.24, 2.45) is 0 Å². The van der Waals surface area contributed by atoms with E-state index >= 15 is 0 Å². The Hall–Kier alpha value is -3.00. The number of carbonyl (C=O) groups excluding carboxylic acids is 2. The van der Waals surface area contributed by atoms with Crippen LogP contribution < -0.4 is 0 Å². The number of carbonyl (C=O) groups is 2. The number of hydrogen-bond donors (Lipinski definition) is 0. The minimum Gasteiger partial charge on any atom is -0.376 e. The molecule has 2 amide bonds. The van der Waals surface area contributed by atoms with Gasteiger partial charge in [-0.15, -0.1) is 11.3 Å². The third kappa shape index (κ3) is 8.02. The van der Waals surface area contributed by atoms with E-state index in [0.29, 0.717) is 32.8 Å². The Morgan fingerprint density at radius 2 is 1.63 bits per heavy atom. The molecule has 1 unspecified atom stereocenters. The third-order valence-electron chi connectivity index (χ3n) is 5.96. The van der Waals surface area contributed by atoms with E-state index in [0.717, 1.165) is 28.8 Å². The van der Waals surface area contributed by atoms with Gasteiger partial charge in [0.25, 0.3) is 0 Å².